The number of fused-ring (bicyclic) bond motifs is 1. The van der Waals surface area contributed by atoms with Gasteiger partial charge in [0.05, 0.1) is 31.3 Å². The molecule has 10 heteroatoms. The fraction of sp³-hybridized carbons (Fsp3) is 0.300. The molecule has 0 atom stereocenters. The number of nitrogens with zero attached hydrogens (tertiary/aromatic N) is 2. The van der Waals surface area contributed by atoms with E-state index >= 15 is 0 Å². The van der Waals surface area contributed by atoms with Gasteiger partial charge in [0.1, 0.15) is 24.6 Å². The van der Waals surface area contributed by atoms with Crippen LogP contribution in [0.2, 0.25) is 0 Å². The lowest BCUT2D eigenvalue weighted by atomic mass is 10.1. The zero-order valence-corrected chi connectivity index (χ0v) is 22.7. The zero-order chi connectivity index (χ0) is 28.3. The van der Waals surface area contributed by atoms with Gasteiger partial charge in [-0.15, -0.1) is 0 Å². The van der Waals surface area contributed by atoms with Gasteiger partial charge in [-0.2, -0.15) is 0 Å². The number of esters is 1. The topological polar surface area (TPSA) is 124 Å². The Hall–Kier alpha value is -4.41. The Morgan fingerprint density at radius 1 is 1.02 bits per heavy atom. The van der Waals surface area contributed by atoms with Crippen LogP contribution in [0.25, 0.3) is 11.0 Å². The Balaban J connectivity index is 1.65. The van der Waals surface area contributed by atoms with Crippen LogP contribution in [0.15, 0.2) is 66.9 Å². The molecule has 4 aromatic rings. The van der Waals surface area contributed by atoms with Gasteiger partial charge < -0.3 is 34.5 Å². The Bertz CT molecular complexity index is 1440. The molecule has 0 aliphatic heterocycles. The molecule has 3 N–H and O–H groups in total. The second-order valence-electron chi connectivity index (χ2n) is 9.11. The monoisotopic (exact) mass is 546 g/mol. The second kappa shape index (κ2) is 14.1. The number of aliphatic hydroxyl groups excluding tert-OH is 1. The summed E-state index contributed by atoms with van der Waals surface area (Å²) in [6, 6.07) is 19.5. The van der Waals surface area contributed by atoms with Crippen LogP contribution in [-0.2, 0) is 33.8 Å². The highest BCUT2D eigenvalue weighted by Crippen LogP contribution is 2.33. The minimum Gasteiger partial charge on any atom is -0.491 e. The van der Waals surface area contributed by atoms with E-state index < -0.39 is 11.9 Å². The molecule has 40 heavy (non-hydrogen) atoms. The SMILES string of the molecule is COCC(=O)Nc1c(C(=O)OC)n(CCCc2ccccc2)c2ncc(NCc3cccc(OCCO)c3)cc12. The average molecular weight is 547 g/mol. The lowest BCUT2D eigenvalue weighted by molar-refractivity contribution is -0.119. The van der Waals surface area contributed by atoms with E-state index in [0.29, 0.717) is 41.2 Å². The van der Waals surface area contributed by atoms with Crippen LogP contribution in [-0.4, -0.2) is 60.6 Å². The van der Waals surface area contributed by atoms with Crippen molar-refractivity contribution in [3.8, 4) is 5.75 Å². The minimum atomic E-state index is -0.570. The van der Waals surface area contributed by atoms with Crippen molar-refractivity contribution in [2.75, 3.05) is 44.7 Å². The number of carbonyl (C=O) groups is 2. The van der Waals surface area contributed by atoms with Crippen LogP contribution in [0.5, 0.6) is 5.75 Å². The highest BCUT2D eigenvalue weighted by molar-refractivity contribution is 6.11. The van der Waals surface area contributed by atoms with E-state index in [9.17, 15) is 9.59 Å². The van der Waals surface area contributed by atoms with E-state index in [1.165, 1.54) is 19.8 Å². The van der Waals surface area contributed by atoms with Gasteiger partial charge in [-0.3, -0.25) is 4.79 Å². The first-order chi connectivity index (χ1) is 19.5. The first-order valence-corrected chi connectivity index (χ1v) is 13.0. The molecule has 0 aliphatic carbocycles. The second-order valence-corrected chi connectivity index (χ2v) is 9.11. The molecule has 2 aromatic carbocycles. The smallest absolute Gasteiger partial charge is 0.356 e. The highest BCUT2D eigenvalue weighted by atomic mass is 16.5. The quantitative estimate of drug-likeness (QED) is 0.203. The summed E-state index contributed by atoms with van der Waals surface area (Å²) in [5.41, 5.74) is 3.99. The van der Waals surface area contributed by atoms with Crippen molar-refractivity contribution >= 4 is 34.3 Å². The van der Waals surface area contributed by atoms with Crippen LogP contribution in [0.3, 0.4) is 0 Å². The number of aliphatic hydroxyl groups is 1. The van der Waals surface area contributed by atoms with Crippen LogP contribution >= 0.6 is 0 Å². The maximum absolute atomic E-state index is 13.0. The summed E-state index contributed by atoms with van der Waals surface area (Å²) in [6.45, 7) is 0.977. The molecule has 0 unspecified atom stereocenters. The summed E-state index contributed by atoms with van der Waals surface area (Å²) in [7, 11) is 2.74. The molecule has 10 nitrogen and oxygen atoms in total. The first-order valence-electron chi connectivity index (χ1n) is 13.0. The van der Waals surface area contributed by atoms with Crippen molar-refractivity contribution in [1.82, 2.24) is 9.55 Å². The number of rotatable bonds is 14. The Kier molecular flexibility index (Phi) is 10.1. The fourth-order valence-electron chi connectivity index (χ4n) is 4.48. The number of nitrogens with one attached hydrogen (secondary N) is 2. The predicted molar refractivity (Wildman–Crippen MR) is 153 cm³/mol. The third-order valence-electron chi connectivity index (χ3n) is 6.26. The van der Waals surface area contributed by atoms with Gasteiger partial charge in [0.25, 0.3) is 0 Å². The molecule has 0 spiro atoms. The highest BCUT2D eigenvalue weighted by Gasteiger charge is 2.26. The Labute approximate surface area is 232 Å². The van der Waals surface area contributed by atoms with Gasteiger partial charge in [0.15, 0.2) is 5.69 Å². The van der Waals surface area contributed by atoms with Crippen molar-refractivity contribution in [2.24, 2.45) is 0 Å². The number of aromatic nitrogens is 2. The molecular weight excluding hydrogens is 512 g/mol. The third-order valence-corrected chi connectivity index (χ3v) is 6.26. The molecule has 0 bridgehead atoms. The van der Waals surface area contributed by atoms with Gasteiger partial charge in [-0.05, 0) is 42.2 Å². The van der Waals surface area contributed by atoms with Crippen LogP contribution < -0.4 is 15.4 Å². The zero-order valence-electron chi connectivity index (χ0n) is 22.7. The van der Waals surface area contributed by atoms with E-state index in [2.05, 4.69) is 27.8 Å². The van der Waals surface area contributed by atoms with Gasteiger partial charge in [-0.25, -0.2) is 9.78 Å². The number of benzene rings is 2. The Morgan fingerprint density at radius 3 is 2.58 bits per heavy atom. The van der Waals surface area contributed by atoms with Crippen molar-refractivity contribution in [3.05, 3.63) is 83.7 Å². The molecule has 210 valence electrons. The van der Waals surface area contributed by atoms with Crippen LogP contribution in [0, 0.1) is 0 Å². The fourth-order valence-corrected chi connectivity index (χ4v) is 4.48. The molecule has 0 aliphatic rings. The summed E-state index contributed by atoms with van der Waals surface area (Å²) in [5, 5.41) is 15.8. The van der Waals surface area contributed by atoms with Crippen LogP contribution in [0.1, 0.15) is 28.0 Å². The summed E-state index contributed by atoms with van der Waals surface area (Å²) < 4.78 is 17.4. The molecular formula is C30H34N4O6. The van der Waals surface area contributed by atoms with Crippen LogP contribution in [0.4, 0.5) is 11.4 Å². The van der Waals surface area contributed by atoms with Gasteiger partial charge in [0.2, 0.25) is 5.91 Å². The molecule has 1 amide bonds. The maximum Gasteiger partial charge on any atom is 0.356 e. The van der Waals surface area contributed by atoms with Gasteiger partial charge >= 0.3 is 5.97 Å². The summed E-state index contributed by atoms with van der Waals surface area (Å²) in [4.78, 5) is 30.3. The number of hydrogen-bond acceptors (Lipinski definition) is 8. The number of pyridine rings is 1. The normalized spacial score (nSPS) is 10.9. The first kappa shape index (κ1) is 28.6. The third kappa shape index (κ3) is 7.16. The number of anilines is 2. The van der Waals surface area contributed by atoms with E-state index in [1.54, 1.807) is 10.8 Å². The number of ether oxygens (including phenoxy) is 3. The van der Waals surface area contributed by atoms with Crippen molar-refractivity contribution in [1.29, 1.82) is 0 Å². The molecule has 2 heterocycles. The molecule has 0 fully saturated rings. The number of amides is 1. The number of hydrogen-bond donors (Lipinski definition) is 3. The summed E-state index contributed by atoms with van der Waals surface area (Å²) in [5.74, 6) is -0.297. The predicted octanol–water partition coefficient (Wildman–Crippen LogP) is 4.02. The average Bonchev–Trinajstić information content (AvgIpc) is 3.27. The molecule has 0 radical (unpaired) electrons. The van der Waals surface area contributed by atoms with E-state index in [1.807, 2.05) is 48.5 Å². The molecule has 0 saturated carbocycles. The number of methoxy groups -OCH3 is 2. The van der Waals surface area contributed by atoms with Gasteiger partial charge in [0, 0.05) is 25.6 Å². The number of carbonyl (C=O) groups excluding carboxylic acids is 2. The number of aryl methyl sites for hydroxylation is 2. The summed E-state index contributed by atoms with van der Waals surface area (Å²) in [6.07, 6.45) is 3.26. The van der Waals surface area contributed by atoms with E-state index in [0.717, 1.165) is 18.4 Å². The van der Waals surface area contributed by atoms with Crippen molar-refractivity contribution in [3.63, 3.8) is 0 Å². The summed E-state index contributed by atoms with van der Waals surface area (Å²) >= 11 is 0. The van der Waals surface area contributed by atoms with Crippen molar-refractivity contribution in [2.45, 2.75) is 25.9 Å². The minimum absolute atomic E-state index is 0.0587. The van der Waals surface area contributed by atoms with E-state index in [-0.39, 0.29) is 25.5 Å². The lowest BCUT2D eigenvalue weighted by Crippen LogP contribution is -2.20. The largest absolute Gasteiger partial charge is 0.491 e. The van der Waals surface area contributed by atoms with E-state index in [4.69, 9.17) is 19.3 Å². The maximum atomic E-state index is 13.0. The molecule has 0 saturated heterocycles. The van der Waals surface area contributed by atoms with Gasteiger partial charge in [-0.1, -0.05) is 42.5 Å². The molecule has 4 rings (SSSR count). The van der Waals surface area contributed by atoms with Crippen molar-refractivity contribution < 1.29 is 28.9 Å². The Morgan fingerprint density at radius 2 is 1.82 bits per heavy atom. The lowest BCUT2D eigenvalue weighted by Gasteiger charge is -2.11. The molecule has 2 aromatic heterocycles. The standard InChI is InChI=1S/C30H34N4O6/c1-38-20-26(36)33-27-25-17-23(31-18-22-10-6-12-24(16-22)40-15-14-35)19-32-29(25)34(28(27)30(37)39-2)13-7-11-21-8-4-3-5-9-21/h3-6,8-10,12,16-17,19,31,35H,7,11,13-15,18,20H2,1-2H3,(H,33,36).